The summed E-state index contributed by atoms with van der Waals surface area (Å²) in [6.45, 7) is 8.63. The largest absolute Gasteiger partial charge is 0.338 e. The van der Waals surface area contributed by atoms with Gasteiger partial charge in [-0.25, -0.2) is 22.8 Å². The van der Waals surface area contributed by atoms with Crippen molar-refractivity contribution in [2.24, 2.45) is 11.8 Å². The number of aromatic nitrogens is 2. The van der Waals surface area contributed by atoms with Crippen LogP contribution in [-0.4, -0.2) is 84.2 Å². The van der Waals surface area contributed by atoms with Crippen molar-refractivity contribution in [3.05, 3.63) is 89.3 Å². The summed E-state index contributed by atoms with van der Waals surface area (Å²) < 4.78 is 41.7. The van der Waals surface area contributed by atoms with Crippen LogP contribution in [0.4, 0.5) is 4.39 Å². The van der Waals surface area contributed by atoms with Gasteiger partial charge < -0.3 is 9.80 Å². The molecule has 0 saturated carbocycles. The number of fused-ring (bicyclic) bond motifs is 1. The number of carbonyl (C=O) groups is 1. The molecule has 210 valence electrons. The van der Waals surface area contributed by atoms with Crippen molar-refractivity contribution in [1.29, 1.82) is 0 Å². The normalized spacial score (nSPS) is 22.7. The van der Waals surface area contributed by atoms with Gasteiger partial charge in [-0.15, -0.1) is 0 Å². The van der Waals surface area contributed by atoms with E-state index in [0.717, 1.165) is 62.2 Å². The van der Waals surface area contributed by atoms with Gasteiger partial charge in [-0.2, -0.15) is 4.31 Å². The molecule has 0 spiro atoms. The van der Waals surface area contributed by atoms with Crippen LogP contribution in [0, 0.1) is 31.5 Å². The summed E-state index contributed by atoms with van der Waals surface area (Å²) in [6.07, 6.45) is 2.33. The van der Waals surface area contributed by atoms with Crippen LogP contribution < -0.4 is 0 Å². The molecule has 6 rings (SSSR count). The van der Waals surface area contributed by atoms with Gasteiger partial charge in [-0.05, 0) is 62.4 Å². The fourth-order valence-electron chi connectivity index (χ4n) is 6.72. The molecule has 2 unspecified atom stereocenters. The number of carbonyl (C=O) groups excluding carboxylic acids is 1. The zero-order valence-corrected chi connectivity index (χ0v) is 23.6. The summed E-state index contributed by atoms with van der Waals surface area (Å²) in [7, 11) is -3.76. The Balaban J connectivity index is 1.10. The van der Waals surface area contributed by atoms with Crippen LogP contribution in [-0.2, 0) is 15.4 Å². The monoisotopic (exact) mass is 563 g/mol. The van der Waals surface area contributed by atoms with Gasteiger partial charge in [-0.3, -0.25) is 4.79 Å². The number of aryl methyl sites for hydroxylation is 2. The van der Waals surface area contributed by atoms with E-state index in [0.29, 0.717) is 30.5 Å². The predicted octanol–water partition coefficient (Wildman–Crippen LogP) is 3.27. The minimum Gasteiger partial charge on any atom is -0.338 e. The Bertz CT molecular complexity index is 1490. The molecule has 1 aromatic heterocycles. The number of hydrogen-bond donors (Lipinski definition) is 0. The molecule has 3 fully saturated rings. The van der Waals surface area contributed by atoms with E-state index in [-0.39, 0.29) is 16.2 Å². The Morgan fingerprint density at radius 3 is 2.23 bits per heavy atom. The standard InChI is InChI=1S/C30H34FN5O3S/c1-21-28(22(2)33-20-32-21)29(37)35-16-23-14-34(15-24(23)17-35)12-11-30(25-7-4-3-5-8-25)18-36(19-30)40(38,39)27-10-6-9-26(31)13-27/h3-10,13,20,23-24H,11-12,14-19H2,1-2H3. The van der Waals surface area contributed by atoms with E-state index in [2.05, 4.69) is 27.0 Å². The van der Waals surface area contributed by atoms with Crippen molar-refractivity contribution in [2.45, 2.75) is 30.6 Å². The van der Waals surface area contributed by atoms with Gasteiger partial charge in [0, 0.05) is 44.7 Å². The van der Waals surface area contributed by atoms with Crippen LogP contribution >= 0.6 is 0 Å². The second-order valence-corrected chi connectivity index (χ2v) is 13.5. The molecule has 3 aliphatic rings. The van der Waals surface area contributed by atoms with Crippen LogP contribution in [0.2, 0.25) is 0 Å². The van der Waals surface area contributed by atoms with Crippen molar-refractivity contribution in [1.82, 2.24) is 24.1 Å². The third-order valence-electron chi connectivity index (χ3n) is 8.97. The highest BCUT2D eigenvalue weighted by Crippen LogP contribution is 2.42. The molecule has 2 aromatic carbocycles. The maximum Gasteiger partial charge on any atom is 0.257 e. The van der Waals surface area contributed by atoms with E-state index in [1.165, 1.54) is 28.8 Å². The molecule has 2 atom stereocenters. The number of sulfonamides is 1. The molecular weight excluding hydrogens is 529 g/mol. The fourth-order valence-corrected chi connectivity index (χ4v) is 8.37. The first-order valence-corrected chi connectivity index (χ1v) is 15.2. The van der Waals surface area contributed by atoms with Gasteiger partial charge in [0.15, 0.2) is 0 Å². The molecule has 40 heavy (non-hydrogen) atoms. The topological polar surface area (TPSA) is 86.7 Å². The van der Waals surface area contributed by atoms with Gasteiger partial charge in [0.1, 0.15) is 12.1 Å². The lowest BCUT2D eigenvalue weighted by Gasteiger charge is -2.50. The molecule has 3 aromatic rings. The van der Waals surface area contributed by atoms with E-state index in [9.17, 15) is 17.6 Å². The lowest BCUT2D eigenvalue weighted by atomic mass is 9.72. The maximum absolute atomic E-state index is 13.8. The Morgan fingerprint density at radius 2 is 1.60 bits per heavy atom. The number of likely N-dealkylation sites (tertiary alicyclic amines) is 2. The molecular formula is C30H34FN5O3S. The zero-order chi connectivity index (χ0) is 28.1. The van der Waals surface area contributed by atoms with Gasteiger partial charge >= 0.3 is 0 Å². The third-order valence-corrected chi connectivity index (χ3v) is 10.8. The Labute approximate surface area is 234 Å². The maximum atomic E-state index is 13.8. The lowest BCUT2D eigenvalue weighted by Crippen LogP contribution is -2.61. The number of benzene rings is 2. The molecule has 0 bridgehead atoms. The van der Waals surface area contributed by atoms with E-state index in [4.69, 9.17) is 0 Å². The predicted molar refractivity (Wildman–Crippen MR) is 149 cm³/mol. The zero-order valence-electron chi connectivity index (χ0n) is 22.8. The summed E-state index contributed by atoms with van der Waals surface area (Å²) in [4.78, 5) is 26.1. The number of nitrogens with zero attached hydrogens (tertiary/aromatic N) is 5. The van der Waals surface area contributed by atoms with Gasteiger partial charge in [0.25, 0.3) is 5.91 Å². The molecule has 0 N–H and O–H groups in total. The summed E-state index contributed by atoms with van der Waals surface area (Å²) in [5.74, 6) is 0.313. The smallest absolute Gasteiger partial charge is 0.257 e. The number of halogens is 1. The number of hydrogen-bond acceptors (Lipinski definition) is 6. The molecule has 4 heterocycles. The van der Waals surface area contributed by atoms with Gasteiger partial charge in [0.2, 0.25) is 10.0 Å². The van der Waals surface area contributed by atoms with E-state index >= 15 is 0 Å². The van der Waals surface area contributed by atoms with Gasteiger partial charge in [-0.1, -0.05) is 36.4 Å². The minimum absolute atomic E-state index is 0.00640. The van der Waals surface area contributed by atoms with E-state index < -0.39 is 15.8 Å². The van der Waals surface area contributed by atoms with Crippen LogP contribution in [0.3, 0.4) is 0 Å². The Hall–Kier alpha value is -3.21. The van der Waals surface area contributed by atoms with Crippen molar-refractivity contribution in [2.75, 3.05) is 45.8 Å². The van der Waals surface area contributed by atoms with E-state index in [1.807, 2.05) is 36.9 Å². The molecule has 0 radical (unpaired) electrons. The summed E-state index contributed by atoms with van der Waals surface area (Å²) in [6, 6.07) is 15.3. The van der Waals surface area contributed by atoms with Crippen molar-refractivity contribution < 1.29 is 17.6 Å². The number of amides is 1. The second-order valence-electron chi connectivity index (χ2n) is 11.5. The molecule has 1 amide bonds. The summed E-state index contributed by atoms with van der Waals surface area (Å²) in [5.41, 5.74) is 2.90. The summed E-state index contributed by atoms with van der Waals surface area (Å²) >= 11 is 0. The highest BCUT2D eigenvalue weighted by atomic mass is 32.2. The SMILES string of the molecule is Cc1ncnc(C)c1C(=O)N1CC2CN(CCC3(c4ccccc4)CN(S(=O)(=O)c4cccc(F)c4)C3)CC2C1. The molecule has 3 saturated heterocycles. The van der Waals surface area contributed by atoms with Crippen LogP contribution in [0.5, 0.6) is 0 Å². The Morgan fingerprint density at radius 1 is 0.950 bits per heavy atom. The van der Waals surface area contributed by atoms with E-state index in [1.54, 1.807) is 0 Å². The Kier molecular flexibility index (Phi) is 6.96. The average Bonchev–Trinajstić information content (AvgIpc) is 3.48. The van der Waals surface area contributed by atoms with Crippen molar-refractivity contribution in [3.8, 4) is 0 Å². The van der Waals surface area contributed by atoms with Crippen LogP contribution in [0.25, 0.3) is 0 Å². The molecule has 8 nitrogen and oxygen atoms in total. The van der Waals surface area contributed by atoms with Crippen LogP contribution in [0.15, 0.2) is 65.8 Å². The quantitative estimate of drug-likeness (QED) is 0.439. The molecule has 10 heteroatoms. The highest BCUT2D eigenvalue weighted by molar-refractivity contribution is 7.89. The van der Waals surface area contributed by atoms with Crippen molar-refractivity contribution in [3.63, 3.8) is 0 Å². The number of rotatable bonds is 7. The molecule has 3 aliphatic heterocycles. The summed E-state index contributed by atoms with van der Waals surface area (Å²) in [5, 5.41) is 0. The lowest BCUT2D eigenvalue weighted by molar-refractivity contribution is 0.0767. The second kappa shape index (κ2) is 10.3. The van der Waals surface area contributed by atoms with Crippen LogP contribution in [0.1, 0.15) is 33.7 Å². The van der Waals surface area contributed by atoms with Gasteiger partial charge in [0.05, 0.1) is 21.8 Å². The first-order chi connectivity index (χ1) is 19.2. The first-order valence-electron chi connectivity index (χ1n) is 13.8. The van der Waals surface area contributed by atoms with Crippen molar-refractivity contribution >= 4 is 15.9 Å². The first kappa shape index (κ1) is 27.0. The third kappa shape index (κ3) is 4.82. The molecule has 0 aliphatic carbocycles. The highest BCUT2D eigenvalue weighted by Gasteiger charge is 2.50. The fraction of sp³-hybridized carbons (Fsp3) is 0.433. The average molecular weight is 564 g/mol. The minimum atomic E-state index is -3.76.